The minimum absolute atomic E-state index is 0.0727. The van der Waals surface area contributed by atoms with Crippen molar-refractivity contribution >= 4 is 21.7 Å². The SMILES string of the molecule is CCCCNS(=O)(=O)c1cc(C(=O)O)ccc1NC(C)COC. The Morgan fingerprint density at radius 3 is 2.65 bits per heavy atom. The zero-order valence-corrected chi connectivity index (χ0v) is 14.4. The summed E-state index contributed by atoms with van der Waals surface area (Å²) in [5, 5.41) is 12.1. The molecule has 130 valence electrons. The van der Waals surface area contributed by atoms with E-state index in [0.717, 1.165) is 6.42 Å². The topological polar surface area (TPSA) is 105 Å². The van der Waals surface area contributed by atoms with Gasteiger partial charge in [-0.1, -0.05) is 13.3 Å². The lowest BCUT2D eigenvalue weighted by Gasteiger charge is -2.18. The van der Waals surface area contributed by atoms with Crippen molar-refractivity contribution < 1.29 is 23.1 Å². The van der Waals surface area contributed by atoms with Crippen LogP contribution < -0.4 is 10.0 Å². The first-order valence-electron chi connectivity index (χ1n) is 7.44. The highest BCUT2D eigenvalue weighted by atomic mass is 32.2. The van der Waals surface area contributed by atoms with Gasteiger partial charge in [0.1, 0.15) is 4.90 Å². The maximum atomic E-state index is 12.5. The molecule has 0 radical (unpaired) electrons. The molecule has 0 aliphatic carbocycles. The van der Waals surface area contributed by atoms with Crippen LogP contribution in [-0.2, 0) is 14.8 Å². The third-order valence-electron chi connectivity index (χ3n) is 3.16. The maximum absolute atomic E-state index is 12.5. The minimum Gasteiger partial charge on any atom is -0.478 e. The fourth-order valence-corrected chi connectivity index (χ4v) is 3.28. The van der Waals surface area contributed by atoms with Gasteiger partial charge in [-0.25, -0.2) is 17.9 Å². The van der Waals surface area contributed by atoms with Gasteiger partial charge in [-0.2, -0.15) is 0 Å². The summed E-state index contributed by atoms with van der Waals surface area (Å²) < 4.78 is 32.5. The van der Waals surface area contributed by atoms with Gasteiger partial charge in [0.15, 0.2) is 0 Å². The van der Waals surface area contributed by atoms with E-state index in [-0.39, 0.29) is 16.5 Å². The summed E-state index contributed by atoms with van der Waals surface area (Å²) in [4.78, 5) is 11.0. The monoisotopic (exact) mass is 344 g/mol. The molecular formula is C15H24N2O5S. The third kappa shape index (κ3) is 5.81. The summed E-state index contributed by atoms with van der Waals surface area (Å²) in [6.45, 7) is 4.50. The highest BCUT2D eigenvalue weighted by Gasteiger charge is 2.21. The number of nitrogens with one attached hydrogen (secondary N) is 2. The summed E-state index contributed by atoms with van der Waals surface area (Å²) in [5.41, 5.74) is 0.273. The van der Waals surface area contributed by atoms with Crippen molar-refractivity contribution in [1.82, 2.24) is 4.72 Å². The van der Waals surface area contributed by atoms with Gasteiger partial charge < -0.3 is 15.2 Å². The van der Waals surface area contributed by atoms with Gasteiger partial charge >= 0.3 is 5.97 Å². The number of unbranched alkanes of at least 4 members (excludes halogenated alkanes) is 1. The summed E-state index contributed by atoms with van der Waals surface area (Å²) >= 11 is 0. The number of anilines is 1. The van der Waals surface area contributed by atoms with Gasteiger partial charge in [0, 0.05) is 19.7 Å². The molecule has 1 rings (SSSR count). The Hall–Kier alpha value is -1.64. The Balaban J connectivity index is 3.17. The Labute approximate surface area is 137 Å². The number of methoxy groups -OCH3 is 1. The van der Waals surface area contributed by atoms with Crippen molar-refractivity contribution in [3.8, 4) is 0 Å². The number of hydrogen-bond acceptors (Lipinski definition) is 5. The number of carboxylic acid groups (broad SMARTS) is 1. The first-order chi connectivity index (χ1) is 10.8. The van der Waals surface area contributed by atoms with Crippen LogP contribution >= 0.6 is 0 Å². The minimum atomic E-state index is -3.80. The van der Waals surface area contributed by atoms with E-state index in [9.17, 15) is 13.2 Å². The van der Waals surface area contributed by atoms with E-state index in [1.807, 2.05) is 13.8 Å². The normalized spacial score (nSPS) is 12.8. The van der Waals surface area contributed by atoms with Gasteiger partial charge in [-0.3, -0.25) is 0 Å². The van der Waals surface area contributed by atoms with E-state index in [1.54, 1.807) is 7.11 Å². The van der Waals surface area contributed by atoms with Crippen molar-refractivity contribution in [3.63, 3.8) is 0 Å². The van der Waals surface area contributed by atoms with Crippen molar-refractivity contribution in [1.29, 1.82) is 0 Å². The van der Waals surface area contributed by atoms with Crippen LogP contribution in [0, 0.1) is 0 Å². The van der Waals surface area contributed by atoms with Crippen LogP contribution in [0.15, 0.2) is 23.1 Å². The van der Waals surface area contributed by atoms with Crippen LogP contribution in [0.1, 0.15) is 37.0 Å². The number of benzene rings is 1. The second kappa shape index (κ2) is 8.85. The summed E-state index contributed by atoms with van der Waals surface area (Å²) in [6.07, 6.45) is 1.56. The van der Waals surface area contributed by atoms with E-state index in [0.29, 0.717) is 25.3 Å². The van der Waals surface area contributed by atoms with Gasteiger partial charge in [0.2, 0.25) is 10.0 Å². The van der Waals surface area contributed by atoms with Crippen LogP contribution in [-0.4, -0.2) is 45.8 Å². The molecule has 1 atom stereocenters. The number of ether oxygens (including phenoxy) is 1. The molecular weight excluding hydrogens is 320 g/mol. The summed E-state index contributed by atoms with van der Waals surface area (Å²) in [7, 11) is -2.25. The molecule has 0 saturated carbocycles. The van der Waals surface area contributed by atoms with Gasteiger partial charge in [0.05, 0.1) is 17.9 Å². The standard InChI is InChI=1S/C15H24N2O5S/c1-4-5-8-16-23(20,21)14-9-12(15(18)19)6-7-13(14)17-11(2)10-22-3/h6-7,9,11,16-17H,4-5,8,10H2,1-3H3,(H,18,19). The largest absolute Gasteiger partial charge is 0.478 e. The highest BCUT2D eigenvalue weighted by molar-refractivity contribution is 7.89. The molecule has 1 aromatic carbocycles. The van der Waals surface area contributed by atoms with Crippen molar-refractivity contribution in [2.24, 2.45) is 0 Å². The molecule has 0 fully saturated rings. The fraction of sp³-hybridized carbons (Fsp3) is 0.533. The molecule has 0 aliphatic rings. The fourth-order valence-electron chi connectivity index (χ4n) is 2.02. The predicted molar refractivity (Wildman–Crippen MR) is 88.5 cm³/mol. The Bertz CT molecular complexity index is 631. The van der Waals surface area contributed by atoms with Crippen LogP contribution in [0.5, 0.6) is 0 Å². The van der Waals surface area contributed by atoms with Gasteiger partial charge in [0.25, 0.3) is 0 Å². The number of aromatic carboxylic acids is 1. The van der Waals surface area contributed by atoms with Crippen molar-refractivity contribution in [2.45, 2.75) is 37.6 Å². The smallest absolute Gasteiger partial charge is 0.335 e. The maximum Gasteiger partial charge on any atom is 0.335 e. The molecule has 0 bridgehead atoms. The zero-order chi connectivity index (χ0) is 17.5. The molecule has 0 spiro atoms. The summed E-state index contributed by atoms with van der Waals surface area (Å²) in [5.74, 6) is -1.17. The molecule has 0 saturated heterocycles. The lowest BCUT2D eigenvalue weighted by atomic mass is 10.2. The number of sulfonamides is 1. The lowest BCUT2D eigenvalue weighted by Crippen LogP contribution is -2.28. The zero-order valence-electron chi connectivity index (χ0n) is 13.6. The molecule has 23 heavy (non-hydrogen) atoms. The van der Waals surface area contributed by atoms with Crippen LogP contribution in [0.25, 0.3) is 0 Å². The molecule has 7 nitrogen and oxygen atoms in total. The van der Waals surface area contributed by atoms with Crippen LogP contribution in [0.2, 0.25) is 0 Å². The second-order valence-corrected chi connectivity index (χ2v) is 7.00. The molecule has 0 aromatic heterocycles. The molecule has 0 aliphatic heterocycles. The number of rotatable bonds is 10. The van der Waals surface area contributed by atoms with E-state index < -0.39 is 16.0 Å². The quantitative estimate of drug-likeness (QED) is 0.560. The van der Waals surface area contributed by atoms with E-state index >= 15 is 0 Å². The molecule has 1 aromatic rings. The number of carboxylic acids is 1. The first-order valence-corrected chi connectivity index (χ1v) is 8.92. The second-order valence-electron chi connectivity index (χ2n) is 5.27. The van der Waals surface area contributed by atoms with E-state index in [1.165, 1.54) is 18.2 Å². The van der Waals surface area contributed by atoms with Gasteiger partial charge in [-0.05, 0) is 31.5 Å². The van der Waals surface area contributed by atoms with Crippen molar-refractivity contribution in [3.05, 3.63) is 23.8 Å². The van der Waals surface area contributed by atoms with Crippen LogP contribution in [0.3, 0.4) is 0 Å². The van der Waals surface area contributed by atoms with Crippen molar-refractivity contribution in [2.75, 3.05) is 25.6 Å². The summed E-state index contributed by atoms with van der Waals surface area (Å²) in [6, 6.07) is 3.87. The average Bonchev–Trinajstić information content (AvgIpc) is 2.47. The first kappa shape index (κ1) is 19.4. The number of carbonyl (C=O) groups is 1. The molecule has 0 amide bonds. The molecule has 1 unspecified atom stereocenters. The Kier molecular flexibility index (Phi) is 7.47. The van der Waals surface area contributed by atoms with E-state index in [2.05, 4.69) is 10.0 Å². The lowest BCUT2D eigenvalue weighted by molar-refractivity contribution is 0.0696. The third-order valence-corrected chi connectivity index (χ3v) is 4.66. The molecule has 8 heteroatoms. The predicted octanol–water partition coefficient (Wildman–Crippen LogP) is 1.91. The average molecular weight is 344 g/mol. The Morgan fingerprint density at radius 1 is 1.39 bits per heavy atom. The number of hydrogen-bond donors (Lipinski definition) is 3. The highest BCUT2D eigenvalue weighted by Crippen LogP contribution is 2.24. The van der Waals surface area contributed by atoms with Gasteiger partial charge in [-0.15, -0.1) is 0 Å². The Morgan fingerprint density at radius 2 is 2.09 bits per heavy atom. The van der Waals surface area contributed by atoms with Crippen LogP contribution in [0.4, 0.5) is 5.69 Å². The van der Waals surface area contributed by atoms with E-state index in [4.69, 9.17) is 9.84 Å². The molecule has 0 heterocycles. The molecule has 3 N–H and O–H groups in total.